The molecule has 4 rings (SSSR count). The predicted molar refractivity (Wildman–Crippen MR) is 126 cm³/mol. The molecule has 0 bridgehead atoms. The normalized spacial score (nSPS) is 12.3. The van der Waals surface area contributed by atoms with E-state index in [2.05, 4.69) is 20.6 Å². The molecule has 180 valence electrons. The van der Waals surface area contributed by atoms with E-state index >= 15 is 0 Å². The highest BCUT2D eigenvalue weighted by Gasteiger charge is 2.28. The van der Waals surface area contributed by atoms with Gasteiger partial charge in [-0.2, -0.15) is 4.72 Å². The number of amides is 2. The first-order valence-corrected chi connectivity index (χ1v) is 12.1. The molecule has 3 N–H and O–H groups in total. The second kappa shape index (κ2) is 10.0. The first-order valence-electron chi connectivity index (χ1n) is 10.6. The van der Waals surface area contributed by atoms with Crippen LogP contribution in [0.4, 0.5) is 4.39 Å². The number of imidazole rings is 1. The zero-order chi connectivity index (χ0) is 25.0. The molecule has 11 heteroatoms. The third-order valence-corrected chi connectivity index (χ3v) is 6.75. The van der Waals surface area contributed by atoms with Crippen molar-refractivity contribution < 1.29 is 22.4 Å². The Bertz CT molecular complexity index is 1490. The standard InChI is InChI=1S/C24H22FN5O4S/c1-16-22(30-14-8-7-13-21(30)26-16)24(32)28-27-23(31)19(15-17-9-3-2-4-10-17)29-35(33,34)20-12-6-5-11-18(20)25/h2-14,19,29H,15H2,1H3,(H,27,31)(H,28,32). The lowest BCUT2D eigenvalue weighted by Crippen LogP contribution is -2.53. The predicted octanol–water partition coefficient (Wildman–Crippen LogP) is 2.13. The van der Waals surface area contributed by atoms with E-state index in [0.29, 0.717) is 16.9 Å². The van der Waals surface area contributed by atoms with Gasteiger partial charge in [0.1, 0.15) is 28.1 Å². The van der Waals surface area contributed by atoms with Gasteiger partial charge in [-0.15, -0.1) is 0 Å². The van der Waals surface area contributed by atoms with Gasteiger partial charge in [-0.05, 0) is 43.2 Å². The van der Waals surface area contributed by atoms with Crippen molar-refractivity contribution in [2.24, 2.45) is 0 Å². The number of nitrogens with zero attached hydrogens (tertiary/aromatic N) is 2. The van der Waals surface area contributed by atoms with Crippen molar-refractivity contribution in [1.82, 2.24) is 25.0 Å². The van der Waals surface area contributed by atoms with Crippen LogP contribution in [0.3, 0.4) is 0 Å². The molecule has 35 heavy (non-hydrogen) atoms. The fraction of sp³-hybridized carbons (Fsp3) is 0.125. The number of fused-ring (bicyclic) bond motifs is 1. The summed E-state index contributed by atoms with van der Waals surface area (Å²) in [5.41, 5.74) is 6.46. The fourth-order valence-corrected chi connectivity index (χ4v) is 4.88. The number of rotatable bonds is 7. The number of aromatic nitrogens is 2. The first-order chi connectivity index (χ1) is 16.8. The van der Waals surface area contributed by atoms with Crippen LogP contribution in [-0.4, -0.2) is 35.7 Å². The van der Waals surface area contributed by atoms with Crippen molar-refractivity contribution in [3.05, 3.63) is 102 Å². The van der Waals surface area contributed by atoms with Crippen LogP contribution in [0.5, 0.6) is 0 Å². The van der Waals surface area contributed by atoms with Gasteiger partial charge >= 0.3 is 0 Å². The van der Waals surface area contributed by atoms with Crippen LogP contribution in [0, 0.1) is 12.7 Å². The number of sulfonamides is 1. The summed E-state index contributed by atoms with van der Waals surface area (Å²) in [7, 11) is -4.39. The highest BCUT2D eigenvalue weighted by Crippen LogP contribution is 2.15. The number of benzene rings is 2. The molecular formula is C24H22FN5O4S. The lowest BCUT2D eigenvalue weighted by molar-refractivity contribution is -0.123. The summed E-state index contributed by atoms with van der Waals surface area (Å²) in [4.78, 5) is 29.5. The van der Waals surface area contributed by atoms with E-state index in [1.807, 2.05) is 0 Å². The van der Waals surface area contributed by atoms with Crippen molar-refractivity contribution >= 4 is 27.5 Å². The Kier molecular flexibility index (Phi) is 6.90. The highest BCUT2D eigenvalue weighted by atomic mass is 32.2. The molecule has 9 nitrogen and oxygen atoms in total. The third-order valence-electron chi connectivity index (χ3n) is 5.24. The zero-order valence-corrected chi connectivity index (χ0v) is 19.4. The molecule has 0 radical (unpaired) electrons. The maximum absolute atomic E-state index is 14.2. The largest absolute Gasteiger partial charge is 0.295 e. The molecule has 0 aliphatic heterocycles. The summed E-state index contributed by atoms with van der Waals surface area (Å²) in [6, 6.07) is 17.5. The maximum Gasteiger partial charge on any atom is 0.288 e. The minimum Gasteiger partial charge on any atom is -0.295 e. The van der Waals surface area contributed by atoms with Crippen LogP contribution in [0.15, 0.2) is 83.9 Å². The van der Waals surface area contributed by atoms with Gasteiger partial charge in [0.2, 0.25) is 10.0 Å². The number of halogens is 1. The number of carbonyl (C=O) groups is 2. The van der Waals surface area contributed by atoms with E-state index in [4.69, 9.17) is 0 Å². The molecule has 1 atom stereocenters. The van der Waals surface area contributed by atoms with Gasteiger partial charge in [0, 0.05) is 6.20 Å². The first kappa shape index (κ1) is 24.0. The molecule has 0 spiro atoms. The topological polar surface area (TPSA) is 122 Å². The zero-order valence-electron chi connectivity index (χ0n) is 18.6. The summed E-state index contributed by atoms with van der Waals surface area (Å²) < 4.78 is 43.7. The van der Waals surface area contributed by atoms with Crippen LogP contribution in [-0.2, 0) is 21.2 Å². The third kappa shape index (κ3) is 5.36. The number of carbonyl (C=O) groups excluding carboxylic acids is 2. The van der Waals surface area contributed by atoms with E-state index in [-0.39, 0.29) is 12.1 Å². The molecular weight excluding hydrogens is 473 g/mol. The average molecular weight is 496 g/mol. The Hall–Kier alpha value is -4.09. The van der Waals surface area contributed by atoms with Crippen molar-refractivity contribution in [2.45, 2.75) is 24.3 Å². The molecule has 2 aromatic heterocycles. The van der Waals surface area contributed by atoms with Crippen LogP contribution < -0.4 is 15.6 Å². The van der Waals surface area contributed by atoms with Crippen molar-refractivity contribution in [1.29, 1.82) is 0 Å². The Labute approximate surface area is 201 Å². The van der Waals surface area contributed by atoms with Crippen molar-refractivity contribution in [2.75, 3.05) is 0 Å². The van der Waals surface area contributed by atoms with Gasteiger partial charge < -0.3 is 0 Å². The smallest absolute Gasteiger partial charge is 0.288 e. The Morgan fingerprint density at radius 2 is 1.66 bits per heavy atom. The summed E-state index contributed by atoms with van der Waals surface area (Å²) in [5.74, 6) is -2.41. The van der Waals surface area contributed by atoms with Crippen molar-refractivity contribution in [3.63, 3.8) is 0 Å². The van der Waals surface area contributed by atoms with Crippen LogP contribution >= 0.6 is 0 Å². The minimum absolute atomic E-state index is 0.0368. The van der Waals surface area contributed by atoms with E-state index in [1.54, 1.807) is 66.1 Å². The van der Waals surface area contributed by atoms with Crippen molar-refractivity contribution in [3.8, 4) is 0 Å². The van der Waals surface area contributed by atoms with E-state index in [9.17, 15) is 22.4 Å². The van der Waals surface area contributed by atoms with Gasteiger partial charge in [0.25, 0.3) is 11.8 Å². The lowest BCUT2D eigenvalue weighted by atomic mass is 10.1. The van der Waals surface area contributed by atoms with E-state index in [0.717, 1.165) is 12.1 Å². The molecule has 4 aromatic rings. The second-order valence-corrected chi connectivity index (χ2v) is 9.39. The minimum atomic E-state index is -4.39. The molecule has 0 aliphatic rings. The highest BCUT2D eigenvalue weighted by molar-refractivity contribution is 7.89. The summed E-state index contributed by atoms with van der Waals surface area (Å²) in [5, 5.41) is 0. The fourth-order valence-electron chi connectivity index (χ4n) is 3.60. The van der Waals surface area contributed by atoms with Crippen LogP contribution in [0.1, 0.15) is 21.7 Å². The number of hydrazine groups is 1. The average Bonchev–Trinajstić information content (AvgIpc) is 3.18. The SMILES string of the molecule is Cc1nc2ccccn2c1C(=O)NNC(=O)C(Cc1ccccc1)NS(=O)(=O)c1ccccc1F. The van der Waals surface area contributed by atoms with E-state index in [1.165, 1.54) is 12.1 Å². The van der Waals surface area contributed by atoms with E-state index < -0.39 is 38.6 Å². The molecule has 0 saturated heterocycles. The second-order valence-electron chi connectivity index (χ2n) is 7.71. The number of aryl methyl sites for hydroxylation is 1. The van der Waals surface area contributed by atoms with Gasteiger partial charge in [0.15, 0.2) is 0 Å². The molecule has 2 amide bonds. The number of pyridine rings is 1. The molecule has 0 saturated carbocycles. The maximum atomic E-state index is 14.2. The Balaban J connectivity index is 1.55. The summed E-state index contributed by atoms with van der Waals surface area (Å²) >= 11 is 0. The molecule has 2 heterocycles. The van der Waals surface area contributed by atoms with Gasteiger partial charge in [-0.3, -0.25) is 24.8 Å². The number of hydrogen-bond donors (Lipinski definition) is 3. The number of hydrogen-bond acceptors (Lipinski definition) is 5. The van der Waals surface area contributed by atoms with Gasteiger partial charge in [0.05, 0.1) is 5.69 Å². The van der Waals surface area contributed by atoms with Crippen LogP contribution in [0.25, 0.3) is 5.65 Å². The number of nitrogens with one attached hydrogen (secondary N) is 3. The Morgan fingerprint density at radius 3 is 2.40 bits per heavy atom. The van der Waals surface area contributed by atoms with Crippen LogP contribution in [0.2, 0.25) is 0 Å². The summed E-state index contributed by atoms with van der Waals surface area (Å²) in [6.07, 6.45) is 1.62. The monoisotopic (exact) mass is 495 g/mol. The Morgan fingerprint density at radius 1 is 0.971 bits per heavy atom. The molecule has 0 aliphatic carbocycles. The molecule has 1 unspecified atom stereocenters. The molecule has 2 aromatic carbocycles. The van der Waals surface area contributed by atoms with Gasteiger partial charge in [-0.1, -0.05) is 48.5 Å². The quantitative estimate of drug-likeness (QED) is 0.339. The molecule has 0 fully saturated rings. The van der Waals surface area contributed by atoms with Gasteiger partial charge in [-0.25, -0.2) is 17.8 Å². The lowest BCUT2D eigenvalue weighted by Gasteiger charge is -2.19. The summed E-state index contributed by atoms with van der Waals surface area (Å²) in [6.45, 7) is 1.66.